The number of fused-ring (bicyclic) bond motifs is 1. The van der Waals surface area contributed by atoms with E-state index >= 15 is 0 Å². The molecule has 1 aliphatic heterocycles. The Morgan fingerprint density at radius 1 is 1.00 bits per heavy atom. The van der Waals surface area contributed by atoms with Crippen molar-refractivity contribution in [1.82, 2.24) is 9.55 Å². The standard InChI is InChI=1S/C27H26ClN3O4/c1-33-19-11-12-25(34-2)23(16-19)31-17-18(15-26(31)32)27-29-21-8-4-5-9-22(21)30(27)13-14-35-24-10-6-3-7-20(24)28/h3-12,16,18H,13-15,17H2,1-2H3/t18-/m1/s1. The van der Waals surface area contributed by atoms with Crippen LogP contribution in [0.2, 0.25) is 5.02 Å². The number of imidazole rings is 1. The van der Waals surface area contributed by atoms with Crippen LogP contribution >= 0.6 is 11.6 Å². The smallest absolute Gasteiger partial charge is 0.227 e. The van der Waals surface area contributed by atoms with Crippen molar-refractivity contribution in [1.29, 1.82) is 0 Å². The second-order valence-corrected chi connectivity index (χ2v) is 8.74. The van der Waals surface area contributed by atoms with Crippen molar-refractivity contribution >= 4 is 34.2 Å². The molecule has 1 saturated heterocycles. The minimum atomic E-state index is -0.0777. The minimum Gasteiger partial charge on any atom is -0.497 e. The highest BCUT2D eigenvalue weighted by Gasteiger charge is 2.36. The van der Waals surface area contributed by atoms with Crippen LogP contribution in [-0.2, 0) is 11.3 Å². The van der Waals surface area contributed by atoms with Crippen LogP contribution in [0.1, 0.15) is 18.2 Å². The van der Waals surface area contributed by atoms with Gasteiger partial charge in [0.1, 0.15) is 29.7 Å². The number of rotatable bonds is 8. The number of hydrogen-bond donors (Lipinski definition) is 0. The van der Waals surface area contributed by atoms with Crippen molar-refractivity contribution in [3.8, 4) is 17.2 Å². The van der Waals surface area contributed by atoms with Crippen LogP contribution in [0.3, 0.4) is 0 Å². The second-order valence-electron chi connectivity index (χ2n) is 8.33. The van der Waals surface area contributed by atoms with E-state index in [9.17, 15) is 4.79 Å². The van der Waals surface area contributed by atoms with E-state index in [2.05, 4.69) is 4.57 Å². The van der Waals surface area contributed by atoms with Crippen LogP contribution in [0.25, 0.3) is 11.0 Å². The number of methoxy groups -OCH3 is 2. The summed E-state index contributed by atoms with van der Waals surface area (Å²) in [4.78, 5) is 19.8. The summed E-state index contributed by atoms with van der Waals surface area (Å²) in [5, 5.41) is 0.576. The fourth-order valence-corrected chi connectivity index (χ4v) is 4.76. The van der Waals surface area contributed by atoms with Crippen molar-refractivity contribution in [2.75, 3.05) is 32.3 Å². The molecule has 2 heterocycles. The molecule has 0 spiro atoms. The monoisotopic (exact) mass is 491 g/mol. The van der Waals surface area contributed by atoms with Gasteiger partial charge in [0.15, 0.2) is 0 Å². The molecule has 1 aliphatic rings. The third-order valence-corrected chi connectivity index (χ3v) is 6.57. The van der Waals surface area contributed by atoms with E-state index in [0.29, 0.717) is 54.1 Å². The van der Waals surface area contributed by atoms with Crippen LogP contribution in [0.4, 0.5) is 5.69 Å². The van der Waals surface area contributed by atoms with Crippen molar-refractivity contribution in [3.05, 3.63) is 77.6 Å². The normalized spacial score (nSPS) is 15.6. The van der Waals surface area contributed by atoms with Gasteiger partial charge in [-0.2, -0.15) is 0 Å². The van der Waals surface area contributed by atoms with Gasteiger partial charge in [0.2, 0.25) is 5.91 Å². The average molecular weight is 492 g/mol. The number of ether oxygens (including phenoxy) is 3. The molecular formula is C27H26ClN3O4. The minimum absolute atomic E-state index is 0.0208. The first-order valence-corrected chi connectivity index (χ1v) is 11.8. The highest BCUT2D eigenvalue weighted by molar-refractivity contribution is 6.32. The van der Waals surface area contributed by atoms with Crippen LogP contribution in [0, 0.1) is 0 Å². The molecule has 0 radical (unpaired) electrons. The third-order valence-electron chi connectivity index (χ3n) is 6.26. The molecule has 0 bridgehead atoms. The fourth-order valence-electron chi connectivity index (χ4n) is 4.57. The Labute approximate surface area is 208 Å². The Bertz CT molecular complexity index is 1370. The SMILES string of the molecule is COc1ccc(OC)c(N2C[C@H](c3nc4ccccc4n3CCOc3ccccc3Cl)CC2=O)c1. The number of para-hydroxylation sites is 3. The van der Waals surface area contributed by atoms with Gasteiger partial charge in [-0.05, 0) is 36.4 Å². The summed E-state index contributed by atoms with van der Waals surface area (Å²) in [6, 6.07) is 20.9. The molecule has 4 aromatic rings. The molecule has 5 rings (SSSR count). The van der Waals surface area contributed by atoms with E-state index in [1.165, 1.54) is 0 Å². The molecule has 1 amide bonds. The molecule has 7 nitrogen and oxygen atoms in total. The van der Waals surface area contributed by atoms with Crippen molar-refractivity contribution < 1.29 is 19.0 Å². The number of nitrogens with zero attached hydrogens (tertiary/aromatic N) is 3. The van der Waals surface area contributed by atoms with Crippen LogP contribution in [0.15, 0.2) is 66.7 Å². The van der Waals surface area contributed by atoms with Gasteiger partial charge < -0.3 is 23.7 Å². The van der Waals surface area contributed by atoms with E-state index in [0.717, 1.165) is 16.9 Å². The quantitative estimate of drug-likeness (QED) is 0.334. The number of anilines is 1. The van der Waals surface area contributed by atoms with Gasteiger partial charge in [-0.1, -0.05) is 35.9 Å². The van der Waals surface area contributed by atoms with Crippen LogP contribution < -0.4 is 19.1 Å². The predicted octanol–water partition coefficient (Wildman–Crippen LogP) is 5.31. The maximum Gasteiger partial charge on any atom is 0.227 e. The van der Waals surface area contributed by atoms with Gasteiger partial charge in [0.25, 0.3) is 0 Å². The maximum absolute atomic E-state index is 13.1. The number of carbonyl (C=O) groups is 1. The van der Waals surface area contributed by atoms with Gasteiger partial charge in [0, 0.05) is 24.9 Å². The Morgan fingerprint density at radius 3 is 2.60 bits per heavy atom. The second kappa shape index (κ2) is 9.88. The lowest BCUT2D eigenvalue weighted by Gasteiger charge is -2.20. The summed E-state index contributed by atoms with van der Waals surface area (Å²) in [6.45, 7) is 1.50. The molecule has 35 heavy (non-hydrogen) atoms. The van der Waals surface area contributed by atoms with Crippen molar-refractivity contribution in [2.45, 2.75) is 18.9 Å². The first-order valence-electron chi connectivity index (χ1n) is 11.4. The topological polar surface area (TPSA) is 65.8 Å². The number of hydrogen-bond acceptors (Lipinski definition) is 5. The van der Waals surface area contributed by atoms with Gasteiger partial charge in [-0.15, -0.1) is 0 Å². The highest BCUT2D eigenvalue weighted by atomic mass is 35.5. The largest absolute Gasteiger partial charge is 0.497 e. The summed E-state index contributed by atoms with van der Waals surface area (Å²) < 4.78 is 19.0. The first kappa shape index (κ1) is 23.1. The molecular weight excluding hydrogens is 466 g/mol. The molecule has 0 saturated carbocycles. The summed E-state index contributed by atoms with van der Waals surface area (Å²) in [5.74, 6) is 2.75. The zero-order valence-electron chi connectivity index (χ0n) is 19.6. The van der Waals surface area contributed by atoms with Gasteiger partial charge in [0.05, 0.1) is 42.5 Å². The van der Waals surface area contributed by atoms with E-state index in [1.54, 1.807) is 25.2 Å². The Balaban J connectivity index is 1.43. The lowest BCUT2D eigenvalue weighted by molar-refractivity contribution is -0.117. The maximum atomic E-state index is 13.1. The van der Waals surface area contributed by atoms with Gasteiger partial charge in [-0.3, -0.25) is 4.79 Å². The lowest BCUT2D eigenvalue weighted by atomic mass is 10.1. The average Bonchev–Trinajstić information content (AvgIpc) is 3.45. The summed E-state index contributed by atoms with van der Waals surface area (Å²) in [6.07, 6.45) is 0.356. The van der Waals surface area contributed by atoms with Crippen LogP contribution in [-0.4, -0.2) is 42.8 Å². The Hall–Kier alpha value is -3.71. The third kappa shape index (κ3) is 4.51. The number of halogens is 1. The van der Waals surface area contributed by atoms with Crippen LogP contribution in [0.5, 0.6) is 17.2 Å². The highest BCUT2D eigenvalue weighted by Crippen LogP contribution is 2.39. The van der Waals surface area contributed by atoms with Gasteiger partial charge >= 0.3 is 0 Å². The Morgan fingerprint density at radius 2 is 1.80 bits per heavy atom. The fraction of sp³-hybridized carbons (Fsp3) is 0.259. The molecule has 1 atom stereocenters. The zero-order valence-corrected chi connectivity index (χ0v) is 20.4. The van der Waals surface area contributed by atoms with E-state index < -0.39 is 0 Å². The van der Waals surface area contributed by atoms with Crippen molar-refractivity contribution in [2.24, 2.45) is 0 Å². The molecule has 1 aromatic heterocycles. The molecule has 0 aliphatic carbocycles. The molecule has 3 aromatic carbocycles. The lowest BCUT2D eigenvalue weighted by Crippen LogP contribution is -2.25. The molecule has 8 heteroatoms. The van der Waals surface area contributed by atoms with Gasteiger partial charge in [-0.25, -0.2) is 4.98 Å². The number of aromatic nitrogens is 2. The number of amides is 1. The van der Waals surface area contributed by atoms with Crippen molar-refractivity contribution in [3.63, 3.8) is 0 Å². The summed E-state index contributed by atoms with van der Waals surface area (Å²) in [7, 11) is 3.20. The van der Waals surface area contributed by atoms with E-state index in [-0.39, 0.29) is 11.8 Å². The molecule has 0 N–H and O–H groups in total. The molecule has 180 valence electrons. The number of carbonyl (C=O) groups excluding carboxylic acids is 1. The summed E-state index contributed by atoms with van der Waals surface area (Å²) >= 11 is 6.25. The summed E-state index contributed by atoms with van der Waals surface area (Å²) in [5.41, 5.74) is 2.60. The zero-order chi connectivity index (χ0) is 24.4. The van der Waals surface area contributed by atoms with E-state index in [4.69, 9.17) is 30.8 Å². The molecule has 1 fully saturated rings. The Kier molecular flexibility index (Phi) is 6.51. The predicted molar refractivity (Wildman–Crippen MR) is 136 cm³/mol. The molecule has 0 unspecified atom stereocenters. The number of benzene rings is 3. The first-order chi connectivity index (χ1) is 17.1. The van der Waals surface area contributed by atoms with E-state index in [1.807, 2.05) is 60.7 Å².